The average Bonchev–Trinajstić information content (AvgIpc) is 2.51. The molecule has 0 radical (unpaired) electrons. The van der Waals surface area contributed by atoms with E-state index in [1.54, 1.807) is 0 Å². The molecule has 0 bridgehead atoms. The lowest BCUT2D eigenvalue weighted by Crippen LogP contribution is -2.53. The van der Waals surface area contributed by atoms with Crippen LogP contribution in [0.2, 0.25) is 0 Å². The van der Waals surface area contributed by atoms with E-state index in [4.69, 9.17) is 4.74 Å². The monoisotopic (exact) mass is 305 g/mol. The van der Waals surface area contributed by atoms with Crippen LogP contribution in [0.3, 0.4) is 0 Å². The Hall–Kier alpha value is -1.59. The van der Waals surface area contributed by atoms with E-state index in [2.05, 4.69) is 29.5 Å². The summed E-state index contributed by atoms with van der Waals surface area (Å²) in [6, 6.07) is 10.5. The number of rotatable bonds is 8. The summed E-state index contributed by atoms with van der Waals surface area (Å²) in [5.74, 6) is 0. The van der Waals surface area contributed by atoms with E-state index < -0.39 is 0 Å². The quantitative estimate of drug-likeness (QED) is 0.771. The Bertz CT molecular complexity index is 446. The van der Waals surface area contributed by atoms with Crippen molar-refractivity contribution in [1.82, 2.24) is 15.5 Å². The minimum Gasteiger partial charge on any atom is -0.445 e. The molecular formula is C17H27N3O2. The van der Waals surface area contributed by atoms with Gasteiger partial charge >= 0.3 is 6.09 Å². The summed E-state index contributed by atoms with van der Waals surface area (Å²) in [7, 11) is 2.12. The predicted octanol–water partition coefficient (Wildman–Crippen LogP) is 1.99. The van der Waals surface area contributed by atoms with E-state index in [1.807, 2.05) is 30.3 Å². The summed E-state index contributed by atoms with van der Waals surface area (Å²) in [5, 5.41) is 6.43. The topological polar surface area (TPSA) is 53.6 Å². The number of likely N-dealkylation sites (N-methyl/N-ethyl adjacent to an activating group) is 1. The molecule has 5 nitrogen and oxygen atoms in total. The molecular weight excluding hydrogens is 278 g/mol. The van der Waals surface area contributed by atoms with Crippen molar-refractivity contribution in [2.75, 3.05) is 26.7 Å². The molecule has 1 amide bonds. The van der Waals surface area contributed by atoms with Crippen LogP contribution < -0.4 is 10.6 Å². The highest BCUT2D eigenvalue weighted by molar-refractivity contribution is 5.67. The smallest absolute Gasteiger partial charge is 0.407 e. The molecule has 2 rings (SSSR count). The van der Waals surface area contributed by atoms with Gasteiger partial charge in [-0.1, -0.05) is 37.3 Å². The van der Waals surface area contributed by atoms with Crippen molar-refractivity contribution < 1.29 is 9.53 Å². The molecule has 2 N–H and O–H groups in total. The number of nitrogens with one attached hydrogen (secondary N) is 2. The largest absolute Gasteiger partial charge is 0.445 e. The van der Waals surface area contributed by atoms with Crippen LogP contribution in [0.5, 0.6) is 0 Å². The summed E-state index contributed by atoms with van der Waals surface area (Å²) in [5.41, 5.74) is 1.01. The molecule has 0 saturated heterocycles. The maximum atomic E-state index is 11.7. The Balaban J connectivity index is 1.53. The number of carbonyl (C=O) groups excluding carboxylic acids is 1. The molecule has 0 aliphatic heterocycles. The molecule has 1 fully saturated rings. The minimum absolute atomic E-state index is 0.240. The van der Waals surface area contributed by atoms with E-state index in [-0.39, 0.29) is 12.1 Å². The first-order valence-electron chi connectivity index (χ1n) is 8.06. The van der Waals surface area contributed by atoms with E-state index in [0.29, 0.717) is 12.6 Å². The van der Waals surface area contributed by atoms with Crippen LogP contribution in [0.4, 0.5) is 4.79 Å². The minimum atomic E-state index is -0.321. The average molecular weight is 305 g/mol. The normalized spacial score (nSPS) is 20.5. The van der Waals surface area contributed by atoms with Gasteiger partial charge in [0, 0.05) is 25.2 Å². The molecule has 0 atom stereocenters. The molecule has 0 heterocycles. The van der Waals surface area contributed by atoms with Gasteiger partial charge in [-0.15, -0.1) is 0 Å². The first-order valence-corrected chi connectivity index (χ1v) is 8.06. The molecule has 22 heavy (non-hydrogen) atoms. The number of benzene rings is 1. The molecule has 1 saturated carbocycles. The number of amides is 1. The number of carbonyl (C=O) groups is 1. The molecule has 1 aliphatic carbocycles. The first-order chi connectivity index (χ1) is 10.7. The molecule has 0 aromatic heterocycles. The molecule has 0 spiro atoms. The van der Waals surface area contributed by atoms with Crippen molar-refractivity contribution in [3.05, 3.63) is 35.9 Å². The van der Waals surface area contributed by atoms with E-state index >= 15 is 0 Å². The lowest BCUT2D eigenvalue weighted by Gasteiger charge is -2.36. The van der Waals surface area contributed by atoms with Gasteiger partial charge in [-0.3, -0.25) is 0 Å². The first kappa shape index (κ1) is 16.8. The van der Waals surface area contributed by atoms with Gasteiger partial charge in [0.15, 0.2) is 0 Å². The van der Waals surface area contributed by atoms with Gasteiger partial charge in [-0.2, -0.15) is 0 Å². The predicted molar refractivity (Wildman–Crippen MR) is 87.7 cm³/mol. The second-order valence-electron chi connectivity index (χ2n) is 5.92. The second kappa shape index (κ2) is 8.76. The summed E-state index contributed by atoms with van der Waals surface area (Å²) in [6.07, 6.45) is 1.64. The molecule has 0 unspecified atom stereocenters. The Morgan fingerprint density at radius 2 is 2.00 bits per heavy atom. The maximum absolute atomic E-state index is 11.7. The highest BCUT2D eigenvalue weighted by Crippen LogP contribution is 2.19. The van der Waals surface area contributed by atoms with Crippen LogP contribution in [0.15, 0.2) is 30.3 Å². The second-order valence-corrected chi connectivity index (χ2v) is 5.92. The SMILES string of the molecule is CCN(C)CCNC1CC(NC(=O)OCc2ccccc2)C1. The third-order valence-corrected chi connectivity index (χ3v) is 4.14. The third kappa shape index (κ3) is 5.66. The van der Waals surface area contributed by atoms with Crippen molar-refractivity contribution in [2.45, 2.75) is 38.5 Å². The Kier molecular flexibility index (Phi) is 6.68. The van der Waals surface area contributed by atoms with Gasteiger partial charge in [-0.05, 0) is 32.0 Å². The molecule has 1 aromatic carbocycles. The van der Waals surface area contributed by atoms with E-state index in [0.717, 1.165) is 38.0 Å². The fourth-order valence-corrected chi connectivity index (χ4v) is 2.45. The van der Waals surface area contributed by atoms with E-state index in [9.17, 15) is 4.79 Å². The van der Waals surface area contributed by atoms with Crippen molar-refractivity contribution >= 4 is 6.09 Å². The standard InChI is InChI=1S/C17H27N3O2/c1-3-20(2)10-9-18-15-11-16(12-15)19-17(21)22-13-14-7-5-4-6-8-14/h4-8,15-16,18H,3,9-13H2,1-2H3,(H,19,21). The molecule has 5 heteroatoms. The number of nitrogens with zero attached hydrogens (tertiary/aromatic N) is 1. The van der Waals surface area contributed by atoms with Crippen LogP contribution in [0.1, 0.15) is 25.3 Å². The Morgan fingerprint density at radius 3 is 2.68 bits per heavy atom. The van der Waals surface area contributed by atoms with Gasteiger partial charge in [-0.25, -0.2) is 4.79 Å². The van der Waals surface area contributed by atoms with Gasteiger partial charge in [0.25, 0.3) is 0 Å². The molecule has 1 aromatic rings. The number of alkyl carbamates (subject to hydrolysis) is 1. The van der Waals surface area contributed by atoms with Crippen LogP contribution in [0.25, 0.3) is 0 Å². The van der Waals surface area contributed by atoms with Crippen LogP contribution in [-0.2, 0) is 11.3 Å². The number of ether oxygens (including phenoxy) is 1. The van der Waals surface area contributed by atoms with Gasteiger partial charge in [0.05, 0.1) is 0 Å². The zero-order valence-electron chi connectivity index (χ0n) is 13.5. The zero-order valence-corrected chi connectivity index (χ0v) is 13.5. The summed E-state index contributed by atoms with van der Waals surface area (Å²) in [4.78, 5) is 14.0. The number of hydrogen-bond acceptors (Lipinski definition) is 4. The van der Waals surface area contributed by atoms with Gasteiger partial charge in [0.1, 0.15) is 6.61 Å². The van der Waals surface area contributed by atoms with E-state index in [1.165, 1.54) is 0 Å². The van der Waals surface area contributed by atoms with Crippen molar-refractivity contribution in [3.8, 4) is 0 Å². The fourth-order valence-electron chi connectivity index (χ4n) is 2.45. The van der Waals surface area contributed by atoms with Crippen LogP contribution in [0, 0.1) is 0 Å². The van der Waals surface area contributed by atoms with Crippen LogP contribution >= 0.6 is 0 Å². The Morgan fingerprint density at radius 1 is 1.27 bits per heavy atom. The zero-order chi connectivity index (χ0) is 15.8. The lowest BCUT2D eigenvalue weighted by molar-refractivity contribution is 0.125. The van der Waals surface area contributed by atoms with Crippen molar-refractivity contribution in [3.63, 3.8) is 0 Å². The maximum Gasteiger partial charge on any atom is 0.407 e. The van der Waals surface area contributed by atoms with Gasteiger partial charge in [0.2, 0.25) is 0 Å². The number of hydrogen-bond donors (Lipinski definition) is 2. The van der Waals surface area contributed by atoms with Crippen molar-refractivity contribution in [1.29, 1.82) is 0 Å². The van der Waals surface area contributed by atoms with Gasteiger partial charge < -0.3 is 20.3 Å². The third-order valence-electron chi connectivity index (χ3n) is 4.14. The molecule has 122 valence electrons. The summed E-state index contributed by atoms with van der Waals surface area (Å²) < 4.78 is 5.22. The lowest BCUT2D eigenvalue weighted by atomic mass is 9.87. The Labute approximate surface area is 133 Å². The summed E-state index contributed by atoms with van der Waals surface area (Å²) >= 11 is 0. The van der Waals surface area contributed by atoms with Crippen molar-refractivity contribution in [2.24, 2.45) is 0 Å². The highest BCUT2D eigenvalue weighted by Gasteiger charge is 2.30. The fraction of sp³-hybridized carbons (Fsp3) is 0.588. The summed E-state index contributed by atoms with van der Waals surface area (Å²) in [6.45, 7) is 5.61. The van der Waals surface area contributed by atoms with Crippen LogP contribution in [-0.4, -0.2) is 49.8 Å². The molecule has 1 aliphatic rings. The highest BCUT2D eigenvalue weighted by atomic mass is 16.5.